The number of nitrogens with zero attached hydrogens (tertiary/aromatic N) is 4. The van der Waals surface area contributed by atoms with Crippen LogP contribution in [0.1, 0.15) is 15.9 Å². The van der Waals surface area contributed by atoms with Gasteiger partial charge in [0.25, 0.3) is 11.5 Å². The molecule has 202 valence electrons. The summed E-state index contributed by atoms with van der Waals surface area (Å²) in [6.07, 6.45) is 2.18. The molecule has 0 atom stereocenters. The lowest BCUT2D eigenvalue weighted by molar-refractivity contribution is 0.102. The zero-order valence-corrected chi connectivity index (χ0v) is 22.4. The van der Waals surface area contributed by atoms with Gasteiger partial charge >= 0.3 is 0 Å². The topological polar surface area (TPSA) is 124 Å². The van der Waals surface area contributed by atoms with E-state index in [4.69, 9.17) is 11.6 Å². The van der Waals surface area contributed by atoms with Crippen molar-refractivity contribution in [2.24, 2.45) is 0 Å². The summed E-state index contributed by atoms with van der Waals surface area (Å²) < 4.78 is 55.4. The molecule has 2 aromatic carbocycles. The number of amides is 1. The van der Waals surface area contributed by atoms with E-state index in [0.717, 1.165) is 30.5 Å². The van der Waals surface area contributed by atoms with Gasteiger partial charge < -0.3 is 5.32 Å². The van der Waals surface area contributed by atoms with E-state index < -0.39 is 43.8 Å². The maximum atomic E-state index is 14.8. The number of carbonyl (C=O) groups excluding carboxylic acids is 1. The van der Waals surface area contributed by atoms with Crippen molar-refractivity contribution in [2.45, 2.75) is 12.1 Å². The van der Waals surface area contributed by atoms with Crippen molar-refractivity contribution < 1.29 is 22.0 Å². The average molecular weight is 582 g/mol. The van der Waals surface area contributed by atoms with Crippen molar-refractivity contribution in [3.8, 4) is 16.9 Å². The number of halogens is 3. The summed E-state index contributed by atoms with van der Waals surface area (Å²) in [7, 11) is -4.05. The first kappa shape index (κ1) is 27.0. The van der Waals surface area contributed by atoms with Crippen LogP contribution >= 0.6 is 11.6 Å². The van der Waals surface area contributed by atoms with Crippen molar-refractivity contribution in [2.75, 3.05) is 11.6 Å². The predicted molar refractivity (Wildman–Crippen MR) is 146 cm³/mol. The Bertz CT molecular complexity index is 1980. The largest absolute Gasteiger partial charge is 0.322 e. The molecule has 0 aliphatic rings. The van der Waals surface area contributed by atoms with Crippen LogP contribution in [0.4, 0.5) is 14.5 Å². The van der Waals surface area contributed by atoms with Gasteiger partial charge in [-0.1, -0.05) is 23.7 Å². The molecule has 3 aromatic heterocycles. The van der Waals surface area contributed by atoms with Crippen LogP contribution in [0.3, 0.4) is 0 Å². The van der Waals surface area contributed by atoms with E-state index in [1.54, 1.807) is 25.1 Å². The van der Waals surface area contributed by atoms with E-state index in [-0.39, 0.29) is 27.4 Å². The summed E-state index contributed by atoms with van der Waals surface area (Å²) in [6, 6.07) is 13.3. The maximum Gasteiger partial charge on any atom is 0.257 e. The third-order valence-corrected chi connectivity index (χ3v) is 7.03. The highest BCUT2D eigenvalue weighted by atomic mass is 35.5. The van der Waals surface area contributed by atoms with Gasteiger partial charge in [-0.2, -0.15) is 4.98 Å². The van der Waals surface area contributed by atoms with Crippen LogP contribution in [0, 0.1) is 18.6 Å². The second-order valence-corrected chi connectivity index (χ2v) is 11.1. The molecule has 0 aliphatic carbocycles. The van der Waals surface area contributed by atoms with Crippen molar-refractivity contribution >= 4 is 44.1 Å². The number of hydrogen-bond donors (Lipinski definition) is 1. The number of fused-ring (bicyclic) bond motifs is 1. The zero-order chi connectivity index (χ0) is 28.8. The molecular formula is C27H18ClF2N5O4S. The Kier molecular flexibility index (Phi) is 6.90. The fourth-order valence-corrected chi connectivity index (χ4v) is 4.67. The maximum absolute atomic E-state index is 14.8. The first-order valence-electron chi connectivity index (χ1n) is 11.6. The van der Waals surface area contributed by atoms with E-state index >= 15 is 0 Å². The SMILES string of the molecule is Cc1ccc(NC(=O)c2ccc(Cl)nc2)cc1-c1nc(S(C)(=O)=O)nc2c1ccc(=O)n2-c1c(F)cccc1F. The van der Waals surface area contributed by atoms with Crippen LogP contribution < -0.4 is 10.9 Å². The number of sulfone groups is 1. The highest BCUT2D eigenvalue weighted by Gasteiger charge is 2.23. The lowest BCUT2D eigenvalue weighted by Crippen LogP contribution is -2.22. The highest BCUT2D eigenvalue weighted by Crippen LogP contribution is 2.32. The third-order valence-electron chi connectivity index (χ3n) is 5.96. The van der Waals surface area contributed by atoms with E-state index in [2.05, 4.69) is 20.3 Å². The molecule has 0 unspecified atom stereocenters. The van der Waals surface area contributed by atoms with Gasteiger partial charge in [0.05, 0.1) is 11.3 Å². The average Bonchev–Trinajstić information content (AvgIpc) is 2.90. The predicted octanol–water partition coefficient (Wildman–Crippen LogP) is 4.74. The number of benzene rings is 2. The van der Waals surface area contributed by atoms with Crippen LogP contribution in [-0.2, 0) is 9.84 Å². The van der Waals surface area contributed by atoms with Gasteiger partial charge in [-0.15, -0.1) is 0 Å². The minimum Gasteiger partial charge on any atom is -0.322 e. The summed E-state index contributed by atoms with van der Waals surface area (Å²) >= 11 is 5.79. The summed E-state index contributed by atoms with van der Waals surface area (Å²) in [6.45, 7) is 1.73. The lowest BCUT2D eigenvalue weighted by Gasteiger charge is -2.16. The molecule has 1 amide bonds. The Morgan fingerprint density at radius 1 is 1.00 bits per heavy atom. The Balaban J connectivity index is 1.75. The Hall–Kier alpha value is -4.55. The smallest absolute Gasteiger partial charge is 0.257 e. The van der Waals surface area contributed by atoms with Crippen LogP contribution in [0.2, 0.25) is 5.15 Å². The Morgan fingerprint density at radius 2 is 1.73 bits per heavy atom. The standard InChI is InChI=1S/C27H18ClF2N5O4S/c1-14-6-8-16(32-26(37)15-7-10-21(28)31-13-15)12-18(14)23-17-9-11-22(36)35(24-19(29)4-3-5-20(24)30)25(17)34-27(33-23)40(2,38)39/h3-13H,1-2H3,(H,32,37). The van der Waals surface area contributed by atoms with E-state index in [1.165, 1.54) is 24.4 Å². The fourth-order valence-electron chi connectivity index (χ4n) is 4.05. The monoisotopic (exact) mass is 581 g/mol. The minimum absolute atomic E-state index is 0.0673. The second kappa shape index (κ2) is 10.2. The molecule has 0 saturated heterocycles. The molecule has 3 heterocycles. The van der Waals surface area contributed by atoms with Crippen LogP contribution in [0.25, 0.3) is 28.0 Å². The van der Waals surface area contributed by atoms with Gasteiger partial charge in [-0.25, -0.2) is 27.2 Å². The Morgan fingerprint density at radius 3 is 2.38 bits per heavy atom. The molecule has 40 heavy (non-hydrogen) atoms. The fraction of sp³-hybridized carbons (Fsp3) is 0.0741. The molecule has 0 aliphatic heterocycles. The minimum atomic E-state index is -4.05. The number of anilines is 1. The number of pyridine rings is 2. The molecule has 5 aromatic rings. The molecule has 1 N–H and O–H groups in total. The number of nitrogens with one attached hydrogen (secondary N) is 1. The molecule has 0 saturated carbocycles. The number of aromatic nitrogens is 4. The van der Waals surface area contributed by atoms with Crippen LogP contribution in [0.15, 0.2) is 76.8 Å². The molecule has 0 spiro atoms. The molecule has 13 heteroatoms. The number of carbonyl (C=O) groups is 1. The number of aryl methyl sites for hydroxylation is 1. The van der Waals surface area contributed by atoms with Crippen molar-refractivity contribution in [3.05, 3.63) is 105 Å². The van der Waals surface area contributed by atoms with Gasteiger partial charge in [0.2, 0.25) is 15.0 Å². The molecule has 9 nitrogen and oxygen atoms in total. The number of para-hydroxylation sites is 1. The second-order valence-electron chi connectivity index (χ2n) is 8.79. The normalized spacial score (nSPS) is 11.5. The number of rotatable bonds is 5. The summed E-state index contributed by atoms with van der Waals surface area (Å²) in [5.41, 5.74) is -0.216. The van der Waals surface area contributed by atoms with Crippen molar-refractivity contribution in [1.29, 1.82) is 0 Å². The van der Waals surface area contributed by atoms with Gasteiger partial charge in [0, 0.05) is 35.2 Å². The molecular weight excluding hydrogens is 564 g/mol. The molecule has 0 bridgehead atoms. The van der Waals surface area contributed by atoms with Gasteiger partial charge in [-0.3, -0.25) is 14.2 Å². The first-order valence-corrected chi connectivity index (χ1v) is 13.8. The van der Waals surface area contributed by atoms with Gasteiger partial charge in [0.15, 0.2) is 5.65 Å². The zero-order valence-electron chi connectivity index (χ0n) is 20.8. The molecule has 0 radical (unpaired) electrons. The molecule has 5 rings (SSSR count). The van der Waals surface area contributed by atoms with E-state index in [9.17, 15) is 26.8 Å². The van der Waals surface area contributed by atoms with E-state index in [0.29, 0.717) is 21.4 Å². The third kappa shape index (κ3) is 5.06. The summed E-state index contributed by atoms with van der Waals surface area (Å²) in [5, 5.41) is 2.44. The van der Waals surface area contributed by atoms with Gasteiger partial charge in [0.1, 0.15) is 22.5 Å². The van der Waals surface area contributed by atoms with Crippen molar-refractivity contribution in [3.63, 3.8) is 0 Å². The lowest BCUT2D eigenvalue weighted by atomic mass is 10.0. The first-order chi connectivity index (χ1) is 18.9. The van der Waals surface area contributed by atoms with Gasteiger partial charge in [-0.05, 0) is 55.0 Å². The van der Waals surface area contributed by atoms with Crippen LogP contribution in [0.5, 0.6) is 0 Å². The highest BCUT2D eigenvalue weighted by molar-refractivity contribution is 7.90. The van der Waals surface area contributed by atoms with Crippen LogP contribution in [-0.4, -0.2) is 40.1 Å². The molecule has 0 fully saturated rings. The summed E-state index contributed by atoms with van der Waals surface area (Å²) in [5.74, 6) is -2.58. The van der Waals surface area contributed by atoms with Crippen molar-refractivity contribution in [1.82, 2.24) is 19.5 Å². The Labute approximate surface area is 231 Å². The summed E-state index contributed by atoms with van der Waals surface area (Å²) in [4.78, 5) is 37.8. The quantitative estimate of drug-likeness (QED) is 0.235. The number of hydrogen-bond acceptors (Lipinski definition) is 7. The van der Waals surface area contributed by atoms with E-state index in [1.807, 2.05) is 0 Å².